The summed E-state index contributed by atoms with van der Waals surface area (Å²) in [6.45, 7) is 0. The highest BCUT2D eigenvalue weighted by molar-refractivity contribution is 5.91. The number of ketones is 1. The molecule has 0 saturated heterocycles. The van der Waals surface area contributed by atoms with Gasteiger partial charge in [0, 0.05) is 6.42 Å². The van der Waals surface area contributed by atoms with Gasteiger partial charge in [-0.25, -0.2) is 0 Å². The Bertz CT molecular complexity index is 158. The average Bonchev–Trinajstić information content (AvgIpc) is 1.60. The fourth-order valence-electron chi connectivity index (χ4n) is 0.789. The van der Waals surface area contributed by atoms with Gasteiger partial charge >= 0.3 is 0 Å². The maximum absolute atomic E-state index is 10.5. The summed E-state index contributed by atoms with van der Waals surface area (Å²) in [4.78, 5) is 10.5. The molecular weight excluding hydrogens is 120 g/mol. The Morgan fingerprint density at radius 2 is 2.22 bits per heavy atom. The van der Waals surface area contributed by atoms with Crippen LogP contribution in [-0.4, -0.2) is 21.8 Å². The standard InChI is InChI=1S/C6H8O3/c7-5-2-1-3-6(8,9)4-5/h1-2,8-9H,3-4H2. The van der Waals surface area contributed by atoms with Gasteiger partial charge in [-0.2, -0.15) is 0 Å². The lowest BCUT2D eigenvalue weighted by Gasteiger charge is -2.20. The Morgan fingerprint density at radius 1 is 1.56 bits per heavy atom. The van der Waals surface area contributed by atoms with E-state index in [1.54, 1.807) is 0 Å². The first-order chi connectivity index (χ1) is 4.10. The Labute approximate surface area is 52.6 Å². The van der Waals surface area contributed by atoms with Gasteiger partial charge in [0.2, 0.25) is 0 Å². The van der Waals surface area contributed by atoms with Crippen molar-refractivity contribution in [2.75, 3.05) is 0 Å². The summed E-state index contributed by atoms with van der Waals surface area (Å²) in [6.07, 6.45) is 2.80. The van der Waals surface area contributed by atoms with Gasteiger partial charge in [-0.1, -0.05) is 6.08 Å². The lowest BCUT2D eigenvalue weighted by Crippen LogP contribution is -2.32. The van der Waals surface area contributed by atoms with Crippen LogP contribution in [0.25, 0.3) is 0 Å². The Hall–Kier alpha value is -0.670. The van der Waals surface area contributed by atoms with Crippen molar-refractivity contribution in [1.29, 1.82) is 0 Å². The van der Waals surface area contributed by atoms with Crippen molar-refractivity contribution in [3.05, 3.63) is 12.2 Å². The second kappa shape index (κ2) is 1.93. The Kier molecular flexibility index (Phi) is 1.38. The molecule has 0 amide bonds. The van der Waals surface area contributed by atoms with Gasteiger partial charge in [-0.05, 0) is 6.08 Å². The normalized spacial score (nSPS) is 24.4. The number of carbonyl (C=O) groups is 1. The number of aliphatic hydroxyl groups is 2. The predicted octanol–water partition coefficient (Wildman–Crippen LogP) is -0.414. The molecular formula is C6H8O3. The monoisotopic (exact) mass is 128 g/mol. The molecule has 0 radical (unpaired) electrons. The topological polar surface area (TPSA) is 57.5 Å². The zero-order chi connectivity index (χ0) is 6.91. The van der Waals surface area contributed by atoms with E-state index in [1.807, 2.05) is 0 Å². The molecule has 0 spiro atoms. The lowest BCUT2D eigenvalue weighted by atomic mass is 10.0. The average molecular weight is 128 g/mol. The van der Waals surface area contributed by atoms with Gasteiger partial charge in [0.15, 0.2) is 11.6 Å². The van der Waals surface area contributed by atoms with Crippen LogP contribution in [0.1, 0.15) is 12.8 Å². The molecule has 1 aliphatic carbocycles. The third-order valence-electron chi connectivity index (χ3n) is 1.21. The summed E-state index contributed by atoms with van der Waals surface area (Å²) in [6, 6.07) is 0. The van der Waals surface area contributed by atoms with E-state index in [9.17, 15) is 4.79 Å². The van der Waals surface area contributed by atoms with E-state index in [0.29, 0.717) is 0 Å². The molecule has 0 atom stereocenters. The minimum atomic E-state index is -1.79. The number of allylic oxidation sites excluding steroid dienone is 1. The number of rotatable bonds is 0. The van der Waals surface area contributed by atoms with E-state index >= 15 is 0 Å². The minimum Gasteiger partial charge on any atom is -0.365 e. The zero-order valence-corrected chi connectivity index (χ0v) is 4.87. The molecule has 0 fully saturated rings. The van der Waals surface area contributed by atoms with Crippen molar-refractivity contribution in [1.82, 2.24) is 0 Å². The third kappa shape index (κ3) is 1.62. The number of hydrogen-bond donors (Lipinski definition) is 2. The summed E-state index contributed by atoms with van der Waals surface area (Å²) in [5, 5.41) is 17.7. The third-order valence-corrected chi connectivity index (χ3v) is 1.21. The van der Waals surface area contributed by atoms with Crippen LogP contribution in [0, 0.1) is 0 Å². The van der Waals surface area contributed by atoms with E-state index in [-0.39, 0.29) is 18.6 Å². The van der Waals surface area contributed by atoms with Crippen LogP contribution < -0.4 is 0 Å². The van der Waals surface area contributed by atoms with Crippen molar-refractivity contribution < 1.29 is 15.0 Å². The maximum atomic E-state index is 10.5. The minimum absolute atomic E-state index is 0.152. The van der Waals surface area contributed by atoms with E-state index in [2.05, 4.69) is 0 Å². The van der Waals surface area contributed by atoms with Gasteiger partial charge in [0.1, 0.15) is 0 Å². The number of carbonyl (C=O) groups excluding carboxylic acids is 1. The van der Waals surface area contributed by atoms with Crippen LogP contribution in [0.2, 0.25) is 0 Å². The Morgan fingerprint density at radius 3 is 2.56 bits per heavy atom. The van der Waals surface area contributed by atoms with E-state index in [1.165, 1.54) is 12.2 Å². The van der Waals surface area contributed by atoms with Crippen molar-refractivity contribution in [3.8, 4) is 0 Å². The first-order valence-electron chi connectivity index (χ1n) is 2.74. The van der Waals surface area contributed by atoms with Crippen LogP contribution in [0.15, 0.2) is 12.2 Å². The summed E-state index contributed by atoms with van der Waals surface area (Å²) in [5.74, 6) is -2.02. The highest BCUT2D eigenvalue weighted by atomic mass is 16.5. The van der Waals surface area contributed by atoms with E-state index < -0.39 is 5.79 Å². The molecule has 3 heteroatoms. The fraction of sp³-hybridized carbons (Fsp3) is 0.500. The largest absolute Gasteiger partial charge is 0.365 e. The van der Waals surface area contributed by atoms with Crippen molar-refractivity contribution in [2.45, 2.75) is 18.6 Å². The smallest absolute Gasteiger partial charge is 0.173 e. The predicted molar refractivity (Wildman–Crippen MR) is 30.5 cm³/mol. The molecule has 9 heavy (non-hydrogen) atoms. The fourth-order valence-corrected chi connectivity index (χ4v) is 0.789. The van der Waals surface area contributed by atoms with E-state index in [4.69, 9.17) is 10.2 Å². The Balaban J connectivity index is 2.68. The number of hydrogen-bond acceptors (Lipinski definition) is 3. The van der Waals surface area contributed by atoms with Crippen LogP contribution in [0.3, 0.4) is 0 Å². The quantitative estimate of drug-likeness (QED) is 0.436. The molecule has 0 aromatic rings. The summed E-state index contributed by atoms with van der Waals surface area (Å²) < 4.78 is 0. The first kappa shape index (κ1) is 6.45. The zero-order valence-electron chi connectivity index (χ0n) is 4.87. The van der Waals surface area contributed by atoms with Crippen LogP contribution in [0.5, 0.6) is 0 Å². The van der Waals surface area contributed by atoms with Crippen LogP contribution in [-0.2, 0) is 4.79 Å². The molecule has 3 nitrogen and oxygen atoms in total. The van der Waals surface area contributed by atoms with Gasteiger partial charge in [-0.15, -0.1) is 0 Å². The van der Waals surface area contributed by atoms with Crippen LogP contribution >= 0.6 is 0 Å². The van der Waals surface area contributed by atoms with Crippen molar-refractivity contribution in [3.63, 3.8) is 0 Å². The highest BCUT2D eigenvalue weighted by Gasteiger charge is 2.26. The van der Waals surface area contributed by atoms with Gasteiger partial charge < -0.3 is 10.2 Å². The van der Waals surface area contributed by atoms with E-state index in [0.717, 1.165) is 0 Å². The van der Waals surface area contributed by atoms with Gasteiger partial charge in [0.25, 0.3) is 0 Å². The summed E-state index contributed by atoms with van der Waals surface area (Å²) in [7, 11) is 0. The molecule has 1 rings (SSSR count). The molecule has 50 valence electrons. The second-order valence-electron chi connectivity index (χ2n) is 2.23. The van der Waals surface area contributed by atoms with Gasteiger partial charge in [-0.3, -0.25) is 4.79 Å². The molecule has 0 aromatic heterocycles. The molecule has 0 saturated carbocycles. The molecule has 2 N–H and O–H groups in total. The van der Waals surface area contributed by atoms with Crippen molar-refractivity contribution >= 4 is 5.78 Å². The maximum Gasteiger partial charge on any atom is 0.173 e. The molecule has 0 heterocycles. The highest BCUT2D eigenvalue weighted by Crippen LogP contribution is 2.16. The van der Waals surface area contributed by atoms with Crippen molar-refractivity contribution in [2.24, 2.45) is 0 Å². The lowest BCUT2D eigenvalue weighted by molar-refractivity contribution is -0.169. The SMILES string of the molecule is O=C1C=CCC(O)(O)C1. The van der Waals surface area contributed by atoms with Crippen LogP contribution in [0.4, 0.5) is 0 Å². The summed E-state index contributed by atoms with van der Waals surface area (Å²) in [5.41, 5.74) is 0. The first-order valence-corrected chi connectivity index (χ1v) is 2.74. The molecule has 0 unspecified atom stereocenters. The second-order valence-corrected chi connectivity index (χ2v) is 2.23. The molecule has 0 aliphatic heterocycles. The van der Waals surface area contributed by atoms with Gasteiger partial charge in [0.05, 0.1) is 6.42 Å². The molecule has 1 aliphatic rings. The molecule has 0 bridgehead atoms. The summed E-state index contributed by atoms with van der Waals surface area (Å²) >= 11 is 0. The molecule has 0 aromatic carbocycles.